The molecule has 1 fully saturated rings. The van der Waals surface area contributed by atoms with Crippen molar-refractivity contribution in [3.8, 4) is 0 Å². The second kappa shape index (κ2) is 6.21. The van der Waals surface area contributed by atoms with Gasteiger partial charge < -0.3 is 15.8 Å². The van der Waals surface area contributed by atoms with Crippen LogP contribution in [0.3, 0.4) is 0 Å². The monoisotopic (exact) mass is 228 g/mol. The summed E-state index contributed by atoms with van der Waals surface area (Å²) in [6, 6.07) is 0. The Labute approximate surface area is 97.9 Å². The number of likely N-dealkylation sites (N-methyl/N-ethyl adjacent to an activating group) is 1. The fourth-order valence-electron chi connectivity index (χ4n) is 1.59. The number of hydrogen-bond donors (Lipinski definition) is 2. The highest BCUT2D eigenvalue weighted by atomic mass is 16.5. The fourth-order valence-corrected chi connectivity index (χ4v) is 1.59. The molecule has 16 heavy (non-hydrogen) atoms. The van der Waals surface area contributed by atoms with E-state index in [2.05, 4.69) is 5.32 Å². The van der Waals surface area contributed by atoms with E-state index in [0.29, 0.717) is 0 Å². The molecular formula is C12H24N2O2. The zero-order valence-electron chi connectivity index (χ0n) is 10.4. The van der Waals surface area contributed by atoms with Gasteiger partial charge in [0.05, 0.1) is 5.54 Å². The first-order chi connectivity index (χ1) is 7.58. The third kappa shape index (κ3) is 4.49. The van der Waals surface area contributed by atoms with Crippen LogP contribution < -0.4 is 11.1 Å². The van der Waals surface area contributed by atoms with Crippen LogP contribution in [0.1, 0.15) is 39.0 Å². The van der Waals surface area contributed by atoms with Crippen molar-refractivity contribution in [2.75, 3.05) is 20.3 Å². The molecule has 4 nitrogen and oxygen atoms in total. The van der Waals surface area contributed by atoms with Gasteiger partial charge in [0.25, 0.3) is 0 Å². The number of nitrogens with one attached hydrogen (secondary N) is 1. The lowest BCUT2D eigenvalue weighted by Gasteiger charge is -2.25. The first-order valence-corrected chi connectivity index (χ1v) is 6.15. The third-order valence-electron chi connectivity index (χ3n) is 3.36. The van der Waals surface area contributed by atoms with Gasteiger partial charge in [-0.3, -0.25) is 4.79 Å². The van der Waals surface area contributed by atoms with Crippen LogP contribution in [0.25, 0.3) is 0 Å². The Hall–Kier alpha value is -0.610. The molecular weight excluding hydrogens is 204 g/mol. The zero-order chi connectivity index (χ0) is 12.0. The molecule has 0 aromatic carbocycles. The van der Waals surface area contributed by atoms with E-state index in [-0.39, 0.29) is 5.91 Å². The maximum atomic E-state index is 11.2. The molecule has 1 rings (SSSR count). The summed E-state index contributed by atoms with van der Waals surface area (Å²) < 4.78 is 5.53. The minimum atomic E-state index is -0.573. The number of carbonyl (C=O) groups is 1. The predicted molar refractivity (Wildman–Crippen MR) is 64.1 cm³/mol. The largest absolute Gasteiger partial charge is 0.381 e. The Morgan fingerprint density at radius 1 is 1.50 bits per heavy atom. The van der Waals surface area contributed by atoms with E-state index in [1.54, 1.807) is 7.05 Å². The average Bonchev–Trinajstić information content (AvgIpc) is 3.06. The fraction of sp³-hybridized carbons (Fsp3) is 0.917. The molecule has 0 aliphatic heterocycles. The number of ether oxygens (including phenoxy) is 1. The molecule has 0 saturated heterocycles. The van der Waals surface area contributed by atoms with E-state index < -0.39 is 5.54 Å². The number of rotatable bonds is 9. The summed E-state index contributed by atoms with van der Waals surface area (Å²) in [5.41, 5.74) is 4.76. The molecule has 1 unspecified atom stereocenters. The van der Waals surface area contributed by atoms with Crippen LogP contribution in [0, 0.1) is 5.92 Å². The van der Waals surface area contributed by atoms with Crippen molar-refractivity contribution in [3.05, 3.63) is 0 Å². The molecule has 0 heterocycles. The van der Waals surface area contributed by atoms with E-state index in [9.17, 15) is 4.79 Å². The summed E-state index contributed by atoms with van der Waals surface area (Å²) in [6.45, 7) is 3.56. The number of primary amides is 1. The Bertz CT molecular complexity index is 229. The molecule has 0 radical (unpaired) electrons. The third-order valence-corrected chi connectivity index (χ3v) is 3.36. The summed E-state index contributed by atoms with van der Waals surface area (Å²) in [5, 5.41) is 2.98. The van der Waals surface area contributed by atoms with Crippen molar-refractivity contribution in [3.63, 3.8) is 0 Å². The second-order valence-electron chi connectivity index (χ2n) is 4.92. The Kier molecular flexibility index (Phi) is 5.22. The highest BCUT2D eigenvalue weighted by Crippen LogP contribution is 2.28. The van der Waals surface area contributed by atoms with Crippen LogP contribution in [0.15, 0.2) is 0 Å². The average molecular weight is 228 g/mol. The molecule has 0 bridgehead atoms. The van der Waals surface area contributed by atoms with E-state index in [1.165, 1.54) is 12.8 Å². The summed E-state index contributed by atoms with van der Waals surface area (Å²) in [7, 11) is 1.77. The molecule has 0 aromatic rings. The number of hydrogen-bond acceptors (Lipinski definition) is 3. The van der Waals surface area contributed by atoms with Crippen molar-refractivity contribution in [2.24, 2.45) is 11.7 Å². The van der Waals surface area contributed by atoms with Crippen molar-refractivity contribution in [2.45, 2.75) is 44.6 Å². The zero-order valence-corrected chi connectivity index (χ0v) is 10.4. The Morgan fingerprint density at radius 3 is 2.69 bits per heavy atom. The van der Waals surface area contributed by atoms with Crippen LogP contribution in [0.2, 0.25) is 0 Å². The molecule has 0 spiro atoms. The lowest BCUT2D eigenvalue weighted by molar-refractivity contribution is -0.123. The van der Waals surface area contributed by atoms with Gasteiger partial charge in [0.2, 0.25) is 5.91 Å². The van der Waals surface area contributed by atoms with E-state index in [0.717, 1.165) is 38.4 Å². The molecule has 1 aliphatic rings. The lowest BCUT2D eigenvalue weighted by Crippen LogP contribution is -2.51. The smallest absolute Gasteiger partial charge is 0.237 e. The molecule has 1 aliphatic carbocycles. The SMILES string of the molecule is CNC(C)(CCCCOCC1CC1)C(N)=O. The maximum Gasteiger partial charge on any atom is 0.237 e. The number of unbranched alkanes of at least 4 members (excludes halogenated alkanes) is 1. The summed E-state index contributed by atoms with van der Waals surface area (Å²) >= 11 is 0. The lowest BCUT2D eigenvalue weighted by atomic mass is 9.94. The molecule has 94 valence electrons. The standard InChI is InChI=1S/C12H24N2O2/c1-12(14-2,11(13)15)7-3-4-8-16-9-10-5-6-10/h10,14H,3-9H2,1-2H3,(H2,13,15). The van der Waals surface area contributed by atoms with E-state index in [4.69, 9.17) is 10.5 Å². The Balaban J connectivity index is 2.01. The molecule has 0 aromatic heterocycles. The molecule has 1 atom stereocenters. The van der Waals surface area contributed by atoms with Crippen molar-refractivity contribution in [1.82, 2.24) is 5.32 Å². The van der Waals surface area contributed by atoms with Gasteiger partial charge in [-0.1, -0.05) is 0 Å². The molecule has 4 heteroatoms. The van der Waals surface area contributed by atoms with Gasteiger partial charge in [0.1, 0.15) is 0 Å². The predicted octanol–water partition coefficient (Wildman–Crippen LogP) is 1.05. The first-order valence-electron chi connectivity index (χ1n) is 6.15. The van der Waals surface area contributed by atoms with Crippen LogP contribution in [0.4, 0.5) is 0 Å². The summed E-state index contributed by atoms with van der Waals surface area (Å²) in [5.74, 6) is 0.544. The topological polar surface area (TPSA) is 64.3 Å². The highest BCUT2D eigenvalue weighted by molar-refractivity contribution is 5.84. The number of carbonyl (C=O) groups excluding carboxylic acids is 1. The van der Waals surface area contributed by atoms with Crippen molar-refractivity contribution >= 4 is 5.91 Å². The molecule has 3 N–H and O–H groups in total. The highest BCUT2D eigenvalue weighted by Gasteiger charge is 2.27. The Morgan fingerprint density at radius 2 is 2.19 bits per heavy atom. The van der Waals surface area contributed by atoms with Gasteiger partial charge in [-0.2, -0.15) is 0 Å². The van der Waals surface area contributed by atoms with Crippen LogP contribution in [-0.4, -0.2) is 31.7 Å². The maximum absolute atomic E-state index is 11.2. The van der Waals surface area contributed by atoms with Gasteiger partial charge >= 0.3 is 0 Å². The summed E-state index contributed by atoms with van der Waals surface area (Å²) in [6.07, 6.45) is 5.40. The minimum absolute atomic E-state index is 0.283. The summed E-state index contributed by atoms with van der Waals surface area (Å²) in [4.78, 5) is 11.2. The van der Waals surface area contributed by atoms with E-state index >= 15 is 0 Å². The molecule has 1 amide bonds. The van der Waals surface area contributed by atoms with E-state index in [1.807, 2.05) is 6.92 Å². The van der Waals surface area contributed by atoms with Gasteiger partial charge in [-0.25, -0.2) is 0 Å². The van der Waals surface area contributed by atoms with Crippen molar-refractivity contribution in [1.29, 1.82) is 0 Å². The van der Waals surface area contributed by atoms with Crippen molar-refractivity contribution < 1.29 is 9.53 Å². The number of amides is 1. The van der Waals surface area contributed by atoms with Gasteiger partial charge in [-0.15, -0.1) is 0 Å². The normalized spacial score (nSPS) is 19.4. The van der Waals surface area contributed by atoms with Gasteiger partial charge in [0, 0.05) is 13.2 Å². The second-order valence-corrected chi connectivity index (χ2v) is 4.92. The first kappa shape index (κ1) is 13.5. The quantitative estimate of drug-likeness (QED) is 0.580. The van der Waals surface area contributed by atoms with Crippen LogP contribution >= 0.6 is 0 Å². The van der Waals surface area contributed by atoms with Gasteiger partial charge in [-0.05, 0) is 52.0 Å². The van der Waals surface area contributed by atoms with Gasteiger partial charge in [0.15, 0.2) is 0 Å². The van der Waals surface area contributed by atoms with Crippen LogP contribution in [0.5, 0.6) is 0 Å². The minimum Gasteiger partial charge on any atom is -0.381 e. The molecule has 1 saturated carbocycles. The number of nitrogens with two attached hydrogens (primary N) is 1. The van der Waals surface area contributed by atoms with Crippen LogP contribution in [-0.2, 0) is 9.53 Å².